The highest BCUT2D eigenvalue weighted by molar-refractivity contribution is 9.10. The molecule has 0 aliphatic rings. The fourth-order valence-corrected chi connectivity index (χ4v) is 2.47. The zero-order valence-corrected chi connectivity index (χ0v) is 12.4. The average Bonchev–Trinajstić information content (AvgIpc) is 2.76. The standard InChI is InChI=1S/C14H18BrN3/c1-3-4-5-16-14-17-6-7-18(14)13-9-11(2)8-12(15)10-13/h6-10H,3-5H2,1-2H3,(H,16,17). The van der Waals surface area contributed by atoms with Gasteiger partial charge in [0.25, 0.3) is 0 Å². The Balaban J connectivity index is 2.24. The summed E-state index contributed by atoms with van der Waals surface area (Å²) in [5.41, 5.74) is 2.35. The molecule has 2 rings (SSSR count). The zero-order valence-electron chi connectivity index (χ0n) is 10.8. The molecule has 0 unspecified atom stereocenters. The highest BCUT2D eigenvalue weighted by atomic mass is 79.9. The molecule has 18 heavy (non-hydrogen) atoms. The van der Waals surface area contributed by atoms with Crippen molar-refractivity contribution in [1.82, 2.24) is 9.55 Å². The third kappa shape index (κ3) is 3.13. The monoisotopic (exact) mass is 307 g/mol. The molecule has 96 valence electrons. The average molecular weight is 308 g/mol. The molecule has 0 spiro atoms. The van der Waals surface area contributed by atoms with E-state index in [4.69, 9.17) is 0 Å². The number of halogens is 1. The molecular weight excluding hydrogens is 290 g/mol. The van der Waals surface area contributed by atoms with Gasteiger partial charge in [-0.2, -0.15) is 0 Å². The van der Waals surface area contributed by atoms with Gasteiger partial charge in [0.1, 0.15) is 0 Å². The number of nitrogens with zero attached hydrogens (tertiary/aromatic N) is 2. The van der Waals surface area contributed by atoms with Crippen molar-refractivity contribution in [2.24, 2.45) is 0 Å². The van der Waals surface area contributed by atoms with E-state index < -0.39 is 0 Å². The number of hydrogen-bond acceptors (Lipinski definition) is 2. The van der Waals surface area contributed by atoms with Crippen molar-refractivity contribution in [3.8, 4) is 5.69 Å². The van der Waals surface area contributed by atoms with Crippen molar-refractivity contribution in [3.05, 3.63) is 40.6 Å². The smallest absolute Gasteiger partial charge is 0.207 e. The number of imidazole rings is 1. The van der Waals surface area contributed by atoms with Crippen LogP contribution in [0.1, 0.15) is 25.3 Å². The van der Waals surface area contributed by atoms with Gasteiger partial charge in [-0.05, 0) is 37.1 Å². The molecule has 1 N–H and O–H groups in total. The second-order valence-corrected chi connectivity index (χ2v) is 5.30. The molecule has 2 aromatic rings. The number of aromatic nitrogens is 2. The van der Waals surface area contributed by atoms with Crippen LogP contribution in [0.3, 0.4) is 0 Å². The molecule has 0 saturated carbocycles. The maximum absolute atomic E-state index is 4.36. The first-order valence-corrected chi connectivity index (χ1v) is 7.05. The van der Waals surface area contributed by atoms with Crippen LogP contribution < -0.4 is 5.32 Å². The molecule has 0 aliphatic heterocycles. The Morgan fingerprint density at radius 3 is 2.89 bits per heavy atom. The highest BCUT2D eigenvalue weighted by Crippen LogP contribution is 2.21. The van der Waals surface area contributed by atoms with Gasteiger partial charge in [0, 0.05) is 29.1 Å². The minimum absolute atomic E-state index is 0.904. The largest absolute Gasteiger partial charge is 0.355 e. The van der Waals surface area contributed by atoms with E-state index in [0.29, 0.717) is 0 Å². The summed E-state index contributed by atoms with van der Waals surface area (Å²) < 4.78 is 3.17. The topological polar surface area (TPSA) is 29.9 Å². The fourth-order valence-electron chi connectivity index (χ4n) is 1.88. The maximum atomic E-state index is 4.36. The molecule has 0 atom stereocenters. The minimum atomic E-state index is 0.904. The van der Waals surface area contributed by atoms with Crippen LogP contribution in [0.5, 0.6) is 0 Å². The number of anilines is 1. The first-order valence-electron chi connectivity index (χ1n) is 6.25. The summed E-state index contributed by atoms with van der Waals surface area (Å²) in [4.78, 5) is 4.36. The van der Waals surface area contributed by atoms with Gasteiger partial charge in [0.05, 0.1) is 0 Å². The Morgan fingerprint density at radius 2 is 2.17 bits per heavy atom. The molecule has 0 radical (unpaired) electrons. The van der Waals surface area contributed by atoms with Crippen LogP contribution >= 0.6 is 15.9 Å². The van der Waals surface area contributed by atoms with Gasteiger partial charge in [0.2, 0.25) is 5.95 Å². The third-order valence-electron chi connectivity index (χ3n) is 2.76. The Bertz CT molecular complexity index is 499. The van der Waals surface area contributed by atoms with E-state index in [-0.39, 0.29) is 0 Å². The summed E-state index contributed by atoms with van der Waals surface area (Å²) in [5.74, 6) is 0.904. The van der Waals surface area contributed by atoms with Crippen LogP contribution in [0.2, 0.25) is 0 Å². The second-order valence-electron chi connectivity index (χ2n) is 4.39. The summed E-state index contributed by atoms with van der Waals surface area (Å²) in [6, 6.07) is 6.35. The number of aryl methyl sites for hydroxylation is 1. The highest BCUT2D eigenvalue weighted by Gasteiger charge is 2.05. The van der Waals surface area contributed by atoms with Gasteiger partial charge in [-0.25, -0.2) is 4.98 Å². The van der Waals surface area contributed by atoms with Crippen LogP contribution in [0, 0.1) is 6.92 Å². The maximum Gasteiger partial charge on any atom is 0.207 e. The molecule has 0 aliphatic carbocycles. The molecule has 0 fully saturated rings. The van der Waals surface area contributed by atoms with Crippen molar-refractivity contribution >= 4 is 21.9 Å². The lowest BCUT2D eigenvalue weighted by Crippen LogP contribution is -2.07. The number of unbranched alkanes of at least 4 members (excludes halogenated alkanes) is 1. The van der Waals surface area contributed by atoms with E-state index >= 15 is 0 Å². The van der Waals surface area contributed by atoms with Crippen LogP contribution in [0.25, 0.3) is 5.69 Å². The number of rotatable bonds is 5. The predicted octanol–water partition coefficient (Wildman–Crippen LogP) is 4.16. The molecule has 0 bridgehead atoms. The van der Waals surface area contributed by atoms with Crippen molar-refractivity contribution in [2.75, 3.05) is 11.9 Å². The van der Waals surface area contributed by atoms with Gasteiger partial charge in [-0.1, -0.05) is 29.3 Å². The van der Waals surface area contributed by atoms with E-state index in [9.17, 15) is 0 Å². The molecule has 1 heterocycles. The molecular formula is C14H18BrN3. The molecule has 4 heteroatoms. The van der Waals surface area contributed by atoms with Gasteiger partial charge >= 0.3 is 0 Å². The van der Waals surface area contributed by atoms with Crippen LogP contribution in [-0.2, 0) is 0 Å². The Kier molecular flexibility index (Phi) is 4.42. The quantitative estimate of drug-likeness (QED) is 0.841. The predicted molar refractivity (Wildman–Crippen MR) is 79.4 cm³/mol. The molecule has 0 saturated heterocycles. The van der Waals surface area contributed by atoms with E-state index in [2.05, 4.69) is 62.8 Å². The molecule has 1 aromatic carbocycles. The van der Waals surface area contributed by atoms with Gasteiger partial charge in [-0.15, -0.1) is 0 Å². The zero-order chi connectivity index (χ0) is 13.0. The van der Waals surface area contributed by atoms with E-state index in [1.807, 2.05) is 12.4 Å². The number of hydrogen-bond donors (Lipinski definition) is 1. The van der Waals surface area contributed by atoms with Crippen LogP contribution in [-0.4, -0.2) is 16.1 Å². The molecule has 1 aromatic heterocycles. The van der Waals surface area contributed by atoms with E-state index in [1.54, 1.807) is 0 Å². The minimum Gasteiger partial charge on any atom is -0.355 e. The van der Waals surface area contributed by atoms with E-state index in [1.165, 1.54) is 12.0 Å². The van der Waals surface area contributed by atoms with Crippen LogP contribution in [0.15, 0.2) is 35.1 Å². The first kappa shape index (κ1) is 13.1. The second kappa shape index (κ2) is 6.05. The van der Waals surface area contributed by atoms with Gasteiger partial charge in [-0.3, -0.25) is 4.57 Å². The van der Waals surface area contributed by atoms with E-state index in [0.717, 1.165) is 29.1 Å². The van der Waals surface area contributed by atoms with Crippen molar-refractivity contribution in [3.63, 3.8) is 0 Å². The van der Waals surface area contributed by atoms with Crippen molar-refractivity contribution < 1.29 is 0 Å². The Morgan fingerprint density at radius 1 is 1.33 bits per heavy atom. The lowest BCUT2D eigenvalue weighted by molar-refractivity contribution is 0.823. The normalized spacial score (nSPS) is 10.6. The van der Waals surface area contributed by atoms with Gasteiger partial charge in [0.15, 0.2) is 0 Å². The first-order chi connectivity index (χ1) is 8.70. The lowest BCUT2D eigenvalue weighted by Gasteiger charge is -2.10. The summed E-state index contributed by atoms with van der Waals surface area (Å²) in [6.07, 6.45) is 6.15. The van der Waals surface area contributed by atoms with Gasteiger partial charge < -0.3 is 5.32 Å². The SMILES string of the molecule is CCCCNc1nccn1-c1cc(C)cc(Br)c1. The number of benzene rings is 1. The number of nitrogens with one attached hydrogen (secondary N) is 1. The fraction of sp³-hybridized carbons (Fsp3) is 0.357. The summed E-state index contributed by atoms with van der Waals surface area (Å²) in [7, 11) is 0. The van der Waals surface area contributed by atoms with Crippen molar-refractivity contribution in [2.45, 2.75) is 26.7 Å². The molecule has 0 amide bonds. The van der Waals surface area contributed by atoms with Crippen molar-refractivity contribution in [1.29, 1.82) is 0 Å². The third-order valence-corrected chi connectivity index (χ3v) is 3.22. The summed E-state index contributed by atoms with van der Waals surface area (Å²) in [6.45, 7) is 5.24. The Hall–Kier alpha value is -1.29. The Labute approximate surface area is 116 Å². The lowest BCUT2D eigenvalue weighted by atomic mass is 10.2. The van der Waals surface area contributed by atoms with Crippen LogP contribution in [0.4, 0.5) is 5.95 Å². The summed E-state index contributed by atoms with van der Waals surface area (Å²) in [5, 5.41) is 3.37. The summed E-state index contributed by atoms with van der Waals surface area (Å²) >= 11 is 3.53. The molecule has 3 nitrogen and oxygen atoms in total.